The van der Waals surface area contributed by atoms with Gasteiger partial charge in [0, 0.05) is 0 Å². The Hall–Kier alpha value is -0.350. The van der Waals surface area contributed by atoms with Gasteiger partial charge in [-0.1, -0.05) is 47.6 Å². The lowest BCUT2D eigenvalue weighted by atomic mass is 9.81. The van der Waals surface area contributed by atoms with Gasteiger partial charge in [0.2, 0.25) is 0 Å². The van der Waals surface area contributed by atoms with Crippen molar-refractivity contribution in [2.24, 2.45) is 0 Å². The van der Waals surface area contributed by atoms with Crippen molar-refractivity contribution in [1.29, 1.82) is 0 Å². The van der Waals surface area contributed by atoms with Crippen LogP contribution in [0.3, 0.4) is 0 Å². The molecule has 0 aromatic heterocycles. The monoisotopic (exact) mass is 375 g/mol. The van der Waals surface area contributed by atoms with E-state index >= 15 is 0 Å². The van der Waals surface area contributed by atoms with E-state index in [0.29, 0.717) is 10.3 Å². The van der Waals surface area contributed by atoms with E-state index in [1.165, 1.54) is 24.0 Å². The van der Waals surface area contributed by atoms with Crippen LogP contribution in [0.1, 0.15) is 107 Å². The summed E-state index contributed by atoms with van der Waals surface area (Å²) in [5.74, 6) is 0. The summed E-state index contributed by atoms with van der Waals surface area (Å²) in [5.41, 5.74) is 4.30. The molecule has 0 nitrogen and oxygen atoms in total. The predicted octanol–water partition coefficient (Wildman–Crippen LogP) is 7.68. The lowest BCUT2D eigenvalue weighted by Crippen LogP contribution is -2.43. The molecule has 0 amide bonds. The molecule has 1 saturated carbocycles. The maximum absolute atomic E-state index is 2.61. The highest BCUT2D eigenvalue weighted by atomic mass is 31.2. The average molecular weight is 376 g/mol. The van der Waals surface area contributed by atoms with Crippen molar-refractivity contribution < 1.29 is 0 Å². The molecule has 0 saturated heterocycles. The Morgan fingerprint density at radius 3 is 1.19 bits per heavy atom. The van der Waals surface area contributed by atoms with Crippen molar-refractivity contribution >= 4 is 12.6 Å². The molecule has 0 atom stereocenters. The van der Waals surface area contributed by atoms with Crippen molar-refractivity contribution in [3.63, 3.8) is 0 Å². The van der Waals surface area contributed by atoms with Gasteiger partial charge in [-0.25, -0.2) is 0 Å². The molecule has 0 heterocycles. The van der Waals surface area contributed by atoms with Gasteiger partial charge < -0.3 is 0 Å². The van der Waals surface area contributed by atoms with Gasteiger partial charge in [0.05, 0.1) is 28.5 Å². The third-order valence-electron chi connectivity index (χ3n) is 6.27. The SMILES string of the molecule is CC(C)(C)c1cc(C(C)(C)C)cc([P+](C2CC2)(C(C)(C)C)C(C)(C)C)c1. The molecule has 0 unspecified atom stereocenters. The molecule has 0 bridgehead atoms. The van der Waals surface area contributed by atoms with E-state index < -0.39 is 7.26 Å². The largest absolute Gasteiger partial charge is 0.0959 e. The number of hydrogen-bond acceptors (Lipinski definition) is 0. The second-order valence-electron chi connectivity index (χ2n) is 12.6. The number of rotatable bonds is 2. The topological polar surface area (TPSA) is 0 Å². The summed E-state index contributed by atoms with van der Waals surface area (Å²) in [5, 5.41) is 2.35. The summed E-state index contributed by atoms with van der Waals surface area (Å²) >= 11 is 0. The molecule has 148 valence electrons. The summed E-state index contributed by atoms with van der Waals surface area (Å²) in [7, 11) is -1.37. The predicted molar refractivity (Wildman–Crippen MR) is 123 cm³/mol. The van der Waals surface area contributed by atoms with Crippen LogP contribution >= 0.6 is 7.26 Å². The molecule has 0 aliphatic heterocycles. The summed E-state index contributed by atoms with van der Waals surface area (Å²) in [6, 6.07) is 7.70. The Morgan fingerprint density at radius 2 is 0.962 bits per heavy atom. The van der Waals surface area contributed by atoms with Crippen molar-refractivity contribution in [2.75, 3.05) is 0 Å². The summed E-state index contributed by atoms with van der Waals surface area (Å²) in [4.78, 5) is 0. The highest BCUT2D eigenvalue weighted by Crippen LogP contribution is 2.83. The molecule has 0 radical (unpaired) electrons. The Kier molecular flexibility index (Phi) is 5.35. The van der Waals surface area contributed by atoms with E-state index in [1.807, 2.05) is 0 Å². The Bertz CT molecular complexity index is 603. The minimum atomic E-state index is -1.37. The molecule has 1 fully saturated rings. The lowest BCUT2D eigenvalue weighted by molar-refractivity contribution is 0.569. The summed E-state index contributed by atoms with van der Waals surface area (Å²) in [6.45, 7) is 29.3. The van der Waals surface area contributed by atoms with Crippen molar-refractivity contribution in [3.8, 4) is 0 Å². The van der Waals surface area contributed by atoms with Gasteiger partial charge >= 0.3 is 0 Å². The third kappa shape index (κ3) is 3.78. The van der Waals surface area contributed by atoms with Crippen LogP contribution in [0.25, 0.3) is 0 Å². The van der Waals surface area contributed by atoms with Gasteiger partial charge in [-0.15, -0.1) is 0 Å². The lowest BCUT2D eigenvalue weighted by Gasteiger charge is -2.48. The maximum atomic E-state index is 2.61. The quantitative estimate of drug-likeness (QED) is 0.465. The maximum Gasteiger partial charge on any atom is 0.0959 e. The van der Waals surface area contributed by atoms with Crippen LogP contribution in [0.4, 0.5) is 0 Å². The van der Waals surface area contributed by atoms with Gasteiger partial charge in [0.25, 0.3) is 0 Å². The Labute approximate surface area is 164 Å². The normalized spacial score (nSPS) is 17.5. The van der Waals surface area contributed by atoms with E-state index in [0.717, 1.165) is 5.66 Å². The first-order valence-corrected chi connectivity index (χ1v) is 12.3. The first kappa shape index (κ1) is 21.9. The van der Waals surface area contributed by atoms with Gasteiger partial charge in [0.15, 0.2) is 0 Å². The zero-order chi connectivity index (χ0) is 20.3. The summed E-state index contributed by atoms with van der Waals surface area (Å²) < 4.78 is 0. The highest BCUT2D eigenvalue weighted by Gasteiger charge is 2.67. The third-order valence-corrected chi connectivity index (χ3v) is 13.2. The second kappa shape index (κ2) is 6.34. The van der Waals surface area contributed by atoms with Crippen LogP contribution in [0.2, 0.25) is 0 Å². The van der Waals surface area contributed by atoms with E-state index in [1.54, 1.807) is 5.30 Å². The standard InChI is InChI=1S/C25H44P/c1-22(2,3)18-15-19(23(4,5)6)17-21(16-18)26(20-13-14-20,24(7,8)9)25(10,11)12/h15-17,20H,13-14H2,1-12H3/q+1. The van der Waals surface area contributed by atoms with Crippen LogP contribution in [0, 0.1) is 0 Å². The minimum absolute atomic E-state index is 0.186. The molecule has 2 rings (SSSR count). The number of benzene rings is 1. The van der Waals surface area contributed by atoms with Crippen molar-refractivity contribution in [2.45, 2.75) is 123 Å². The highest BCUT2D eigenvalue weighted by molar-refractivity contribution is 7.86. The van der Waals surface area contributed by atoms with Crippen molar-refractivity contribution in [1.82, 2.24) is 0 Å². The van der Waals surface area contributed by atoms with Gasteiger partial charge in [-0.3, -0.25) is 0 Å². The van der Waals surface area contributed by atoms with Gasteiger partial charge in [-0.2, -0.15) is 0 Å². The first-order valence-electron chi connectivity index (χ1n) is 10.5. The molecule has 0 spiro atoms. The molecule has 1 aromatic rings. The fourth-order valence-corrected chi connectivity index (χ4v) is 13.0. The van der Waals surface area contributed by atoms with Gasteiger partial charge in [-0.05, 0) is 88.5 Å². The fourth-order valence-electron chi connectivity index (χ4n) is 5.23. The molecule has 1 aromatic carbocycles. The fraction of sp³-hybridized carbons (Fsp3) is 0.760. The van der Waals surface area contributed by atoms with E-state index in [4.69, 9.17) is 0 Å². The summed E-state index contributed by atoms with van der Waals surface area (Å²) in [6.07, 6.45) is 2.85. The molecular weight excluding hydrogens is 331 g/mol. The second-order valence-corrected chi connectivity index (χ2v) is 17.9. The van der Waals surface area contributed by atoms with Crippen LogP contribution in [-0.4, -0.2) is 16.0 Å². The van der Waals surface area contributed by atoms with E-state index in [2.05, 4.69) is 101 Å². The van der Waals surface area contributed by atoms with Gasteiger partial charge in [0.1, 0.15) is 0 Å². The van der Waals surface area contributed by atoms with Crippen LogP contribution < -0.4 is 5.30 Å². The number of hydrogen-bond donors (Lipinski definition) is 0. The molecule has 1 aliphatic carbocycles. The Balaban J connectivity index is 2.89. The molecule has 1 heteroatoms. The molecule has 26 heavy (non-hydrogen) atoms. The van der Waals surface area contributed by atoms with E-state index in [-0.39, 0.29) is 10.8 Å². The molecular formula is C25H44P+. The smallest absolute Gasteiger partial charge is 0.0561 e. The first-order chi connectivity index (χ1) is 11.4. The molecule has 1 aliphatic rings. The Morgan fingerprint density at radius 1 is 0.615 bits per heavy atom. The van der Waals surface area contributed by atoms with Crippen LogP contribution in [-0.2, 0) is 10.8 Å². The van der Waals surface area contributed by atoms with Crippen LogP contribution in [0.5, 0.6) is 0 Å². The average Bonchev–Trinajstić information content (AvgIpc) is 3.18. The molecule has 0 N–H and O–H groups in total. The minimum Gasteiger partial charge on any atom is -0.0561 e. The van der Waals surface area contributed by atoms with E-state index in [9.17, 15) is 0 Å². The van der Waals surface area contributed by atoms with Crippen LogP contribution in [0.15, 0.2) is 18.2 Å². The van der Waals surface area contributed by atoms with Crippen molar-refractivity contribution in [3.05, 3.63) is 29.3 Å². The zero-order valence-corrected chi connectivity index (χ0v) is 20.6. The zero-order valence-electron chi connectivity index (χ0n) is 19.7.